The Morgan fingerprint density at radius 3 is 2.69 bits per heavy atom. The van der Waals surface area contributed by atoms with Gasteiger partial charge in [-0.25, -0.2) is 26.5 Å². The molecule has 0 radical (unpaired) electrons. The van der Waals surface area contributed by atoms with Gasteiger partial charge in [-0.1, -0.05) is 0 Å². The molecular weight excluding hydrogens is 490 g/mol. The molecule has 192 valence electrons. The first kappa shape index (κ1) is 24.6. The second kappa shape index (κ2) is 8.48. The van der Waals surface area contributed by atoms with Crippen molar-refractivity contribution < 1.29 is 22.0 Å². The van der Waals surface area contributed by atoms with Crippen LogP contribution in [0.1, 0.15) is 42.2 Å². The number of hydrogen-bond donors (Lipinski definition) is 3. The number of amides is 1. The van der Waals surface area contributed by atoms with Crippen LogP contribution in [0, 0.1) is 23.0 Å². The van der Waals surface area contributed by atoms with Crippen molar-refractivity contribution in [1.82, 2.24) is 19.5 Å². The maximum absolute atomic E-state index is 15.4. The van der Waals surface area contributed by atoms with Gasteiger partial charge < -0.3 is 15.5 Å². The van der Waals surface area contributed by atoms with Crippen LogP contribution in [0.2, 0.25) is 0 Å². The molecule has 5 rings (SSSR count). The quantitative estimate of drug-likeness (QED) is 0.560. The third-order valence-corrected chi connectivity index (χ3v) is 10.3. The number of sulfonamides is 1. The Morgan fingerprint density at radius 2 is 2.03 bits per heavy atom. The number of aromatic nitrogens is 1. The van der Waals surface area contributed by atoms with Gasteiger partial charge in [-0.3, -0.25) is 10.2 Å². The van der Waals surface area contributed by atoms with Gasteiger partial charge in [-0.2, -0.15) is 0 Å². The largest absolute Gasteiger partial charge is 0.345 e. The van der Waals surface area contributed by atoms with E-state index >= 15 is 4.39 Å². The summed E-state index contributed by atoms with van der Waals surface area (Å²) in [7, 11) is -2.72. The summed E-state index contributed by atoms with van der Waals surface area (Å²) < 4.78 is 55.8. The van der Waals surface area contributed by atoms with Crippen LogP contribution in [-0.4, -0.2) is 65.9 Å². The first-order chi connectivity index (χ1) is 17.0. The summed E-state index contributed by atoms with van der Waals surface area (Å²) in [5.74, 6) is -1.67. The van der Waals surface area contributed by atoms with E-state index < -0.39 is 37.9 Å². The fourth-order valence-corrected chi connectivity index (χ4v) is 7.55. The molecule has 12 heteroatoms. The maximum atomic E-state index is 15.4. The summed E-state index contributed by atoms with van der Waals surface area (Å²) in [6.07, 6.45) is 3.42. The number of guanidine groups is 1. The van der Waals surface area contributed by atoms with E-state index in [2.05, 4.69) is 20.5 Å². The topological polar surface area (TPSA) is 118 Å². The highest BCUT2D eigenvalue weighted by atomic mass is 32.2. The second-order valence-corrected chi connectivity index (χ2v) is 12.3. The van der Waals surface area contributed by atoms with E-state index in [4.69, 9.17) is 5.41 Å². The zero-order chi connectivity index (χ0) is 25.9. The lowest BCUT2D eigenvalue weighted by molar-refractivity contribution is 0.102. The molecule has 1 aromatic heterocycles. The summed E-state index contributed by atoms with van der Waals surface area (Å²) >= 11 is 0. The molecule has 3 fully saturated rings. The molecule has 1 spiro atoms. The predicted molar refractivity (Wildman–Crippen MR) is 130 cm³/mol. The van der Waals surface area contributed by atoms with E-state index in [0.29, 0.717) is 12.5 Å². The number of nitrogens with zero attached hydrogens (tertiary/aromatic N) is 3. The van der Waals surface area contributed by atoms with E-state index in [9.17, 15) is 17.6 Å². The molecule has 2 aliphatic heterocycles. The Labute approximate surface area is 208 Å². The molecule has 2 saturated heterocycles. The Morgan fingerprint density at radius 1 is 1.28 bits per heavy atom. The van der Waals surface area contributed by atoms with E-state index in [-0.39, 0.29) is 35.9 Å². The third kappa shape index (κ3) is 3.83. The van der Waals surface area contributed by atoms with Gasteiger partial charge >= 0.3 is 0 Å². The van der Waals surface area contributed by atoms with Crippen molar-refractivity contribution in [2.24, 2.45) is 5.92 Å². The van der Waals surface area contributed by atoms with Crippen molar-refractivity contribution >= 4 is 27.6 Å². The van der Waals surface area contributed by atoms with Gasteiger partial charge in [0.2, 0.25) is 16.0 Å². The summed E-state index contributed by atoms with van der Waals surface area (Å²) in [6, 6.07) is 6.25. The minimum Gasteiger partial charge on any atom is -0.345 e. The monoisotopic (exact) mass is 518 g/mol. The zero-order valence-electron chi connectivity index (χ0n) is 20.0. The summed E-state index contributed by atoms with van der Waals surface area (Å²) in [4.78, 5) is 18.5. The fraction of sp³-hybridized carbons (Fsp3) is 0.458. The molecule has 0 unspecified atom stereocenters. The van der Waals surface area contributed by atoms with Crippen molar-refractivity contribution in [2.75, 3.05) is 32.0 Å². The van der Waals surface area contributed by atoms with Gasteiger partial charge in [0.05, 0.1) is 11.7 Å². The molecule has 1 saturated carbocycles. The molecule has 3 heterocycles. The number of carbonyl (C=O) groups excluding carboxylic acids is 1. The summed E-state index contributed by atoms with van der Waals surface area (Å²) in [6.45, 7) is 3.14. The number of halogens is 2. The Kier molecular flexibility index (Phi) is 5.79. The van der Waals surface area contributed by atoms with E-state index in [1.807, 2.05) is 0 Å². The number of rotatable bonds is 5. The van der Waals surface area contributed by atoms with Crippen molar-refractivity contribution in [3.05, 3.63) is 59.4 Å². The minimum atomic E-state index is -4.05. The van der Waals surface area contributed by atoms with Gasteiger partial charge in [0.15, 0.2) is 0 Å². The lowest BCUT2D eigenvalue weighted by atomic mass is 9.77. The number of carbonyl (C=O) groups is 1. The molecule has 3 N–H and O–H groups in total. The lowest BCUT2D eigenvalue weighted by Crippen LogP contribution is -2.74. The van der Waals surface area contributed by atoms with Crippen molar-refractivity contribution in [2.45, 2.75) is 36.5 Å². The Balaban J connectivity index is 1.54. The van der Waals surface area contributed by atoms with Crippen molar-refractivity contribution in [3.8, 4) is 0 Å². The fourth-order valence-electron chi connectivity index (χ4n) is 5.37. The van der Waals surface area contributed by atoms with Crippen LogP contribution in [0.4, 0.5) is 14.5 Å². The predicted octanol–water partition coefficient (Wildman–Crippen LogP) is 2.48. The lowest BCUT2D eigenvalue weighted by Gasteiger charge is -2.52. The van der Waals surface area contributed by atoms with Crippen LogP contribution in [0.5, 0.6) is 0 Å². The average molecular weight is 519 g/mol. The normalized spacial score (nSPS) is 27.8. The zero-order valence-corrected chi connectivity index (χ0v) is 20.8. The van der Waals surface area contributed by atoms with E-state index in [1.54, 1.807) is 6.92 Å². The van der Waals surface area contributed by atoms with Gasteiger partial charge in [0, 0.05) is 31.4 Å². The van der Waals surface area contributed by atoms with Gasteiger partial charge in [-0.15, -0.1) is 0 Å². The van der Waals surface area contributed by atoms with Crippen molar-refractivity contribution in [1.29, 1.82) is 5.41 Å². The molecule has 9 nitrogen and oxygen atoms in total. The minimum absolute atomic E-state index is 0.0294. The van der Waals surface area contributed by atoms with Gasteiger partial charge in [0.1, 0.15) is 22.1 Å². The molecule has 1 aliphatic carbocycles. The average Bonchev–Trinajstić information content (AvgIpc) is 3.54. The highest BCUT2D eigenvalue weighted by Crippen LogP contribution is 2.50. The van der Waals surface area contributed by atoms with Crippen LogP contribution < -0.4 is 10.6 Å². The third-order valence-electron chi connectivity index (χ3n) is 7.70. The number of pyridine rings is 1. The Bertz CT molecular complexity index is 1330. The van der Waals surface area contributed by atoms with E-state index in [1.165, 1.54) is 25.2 Å². The molecular formula is C24H28F2N6O3S. The Hall–Kier alpha value is -3.12. The first-order valence-electron chi connectivity index (χ1n) is 11.8. The highest BCUT2D eigenvalue weighted by Gasteiger charge is 2.66. The SMILES string of the molecule is CN1C(=N)N[C@](C)(c2cc(NC(=O)c3ccc(F)cn3)ccc2F)[C@]2(CCN(CC3CC3)C2)S1(=O)=O. The van der Waals surface area contributed by atoms with E-state index in [0.717, 1.165) is 42.0 Å². The molecule has 2 atom stereocenters. The van der Waals surface area contributed by atoms with Gasteiger partial charge in [0.25, 0.3) is 5.91 Å². The number of likely N-dealkylation sites (tertiary alicyclic amines) is 1. The number of benzene rings is 1. The first-order valence-corrected chi connectivity index (χ1v) is 13.2. The molecule has 2 aromatic rings. The van der Waals surface area contributed by atoms with Crippen LogP contribution >= 0.6 is 0 Å². The molecule has 1 aromatic carbocycles. The highest BCUT2D eigenvalue weighted by molar-refractivity contribution is 7.91. The van der Waals surface area contributed by atoms with Crippen LogP contribution in [0.15, 0.2) is 36.5 Å². The molecule has 36 heavy (non-hydrogen) atoms. The van der Waals surface area contributed by atoms with Crippen LogP contribution in [0.3, 0.4) is 0 Å². The maximum Gasteiger partial charge on any atom is 0.274 e. The number of nitrogens with one attached hydrogen (secondary N) is 3. The number of hydrogen-bond acceptors (Lipinski definition) is 6. The van der Waals surface area contributed by atoms with Gasteiger partial charge in [-0.05, 0) is 69.0 Å². The summed E-state index contributed by atoms with van der Waals surface area (Å²) in [5, 5.41) is 13.9. The number of anilines is 1. The van der Waals surface area contributed by atoms with Crippen LogP contribution in [-0.2, 0) is 15.6 Å². The molecule has 3 aliphatic rings. The van der Waals surface area contributed by atoms with Crippen LogP contribution in [0.25, 0.3) is 0 Å². The standard InChI is InChI=1S/C24H28F2N6O3S/c1-23(18-11-17(6-7-19(18)26)29-21(33)20-8-5-16(25)12-28-20)24(36(34,35)31(2)22(27)30-23)9-10-32(14-24)13-15-3-4-15/h5-8,11-12,15H,3-4,9-10,13-14H2,1-2H3,(H2,27,30)(H,29,33)/t23-,24-/m1/s1. The smallest absolute Gasteiger partial charge is 0.274 e. The molecule has 0 bridgehead atoms. The second-order valence-electron chi connectivity index (χ2n) is 10.0. The summed E-state index contributed by atoms with van der Waals surface area (Å²) in [5.41, 5.74) is -1.27. The van der Waals surface area contributed by atoms with Crippen molar-refractivity contribution in [3.63, 3.8) is 0 Å². The molecule has 1 amide bonds.